The quantitative estimate of drug-likeness (QED) is 0.812. The lowest BCUT2D eigenvalue weighted by atomic mass is 10.1. The van der Waals surface area contributed by atoms with E-state index in [2.05, 4.69) is 26.1 Å². The number of carbonyl (C=O) groups is 1. The van der Waals surface area contributed by atoms with E-state index in [4.69, 9.17) is 4.42 Å². The van der Waals surface area contributed by atoms with Crippen molar-refractivity contribution < 1.29 is 9.21 Å². The Balaban J connectivity index is 1.58. The Bertz CT molecular complexity index is 634. The van der Waals surface area contributed by atoms with E-state index in [-0.39, 0.29) is 11.9 Å². The molecule has 1 saturated heterocycles. The van der Waals surface area contributed by atoms with Crippen molar-refractivity contribution in [2.75, 3.05) is 19.6 Å². The molecule has 4 nitrogen and oxygen atoms in total. The highest BCUT2D eigenvalue weighted by atomic mass is 79.9. The molecule has 0 bridgehead atoms. The third-order valence-corrected chi connectivity index (χ3v) is 5.00. The first-order valence-electron chi connectivity index (χ1n) is 8.51. The van der Waals surface area contributed by atoms with Gasteiger partial charge in [0, 0.05) is 11.0 Å². The Kier molecular flexibility index (Phi) is 6.10. The number of rotatable bonds is 6. The van der Waals surface area contributed by atoms with Crippen LogP contribution in [0.5, 0.6) is 0 Å². The number of nitrogens with one attached hydrogen (secondary N) is 1. The predicted molar refractivity (Wildman–Crippen MR) is 97.7 cm³/mol. The van der Waals surface area contributed by atoms with Crippen molar-refractivity contribution >= 4 is 21.8 Å². The van der Waals surface area contributed by atoms with Crippen LogP contribution in [0.3, 0.4) is 0 Å². The molecule has 1 aliphatic rings. The van der Waals surface area contributed by atoms with E-state index < -0.39 is 0 Å². The molecule has 0 spiro atoms. The molecule has 0 saturated carbocycles. The maximum atomic E-state index is 12.3. The van der Waals surface area contributed by atoms with E-state index >= 15 is 0 Å². The summed E-state index contributed by atoms with van der Waals surface area (Å²) in [5.74, 6) is 0.978. The molecule has 3 rings (SSSR count). The van der Waals surface area contributed by atoms with Gasteiger partial charge in [-0.25, -0.2) is 0 Å². The zero-order valence-electron chi connectivity index (χ0n) is 13.7. The summed E-state index contributed by atoms with van der Waals surface area (Å²) in [6, 6.07) is 11.9. The average molecular weight is 391 g/mol. The van der Waals surface area contributed by atoms with Gasteiger partial charge in [0.1, 0.15) is 5.76 Å². The fourth-order valence-corrected chi connectivity index (χ4v) is 3.45. The Hall–Kier alpha value is -1.59. The zero-order valence-corrected chi connectivity index (χ0v) is 15.3. The van der Waals surface area contributed by atoms with Gasteiger partial charge in [0.2, 0.25) is 5.91 Å². The van der Waals surface area contributed by atoms with Crippen LogP contribution >= 0.6 is 15.9 Å². The first kappa shape index (κ1) is 17.2. The number of hydrogen-bond donors (Lipinski definition) is 1. The third-order valence-electron chi connectivity index (χ3n) is 4.47. The molecule has 24 heavy (non-hydrogen) atoms. The predicted octanol–water partition coefficient (Wildman–Crippen LogP) is 3.93. The maximum Gasteiger partial charge on any atom is 0.224 e. The van der Waals surface area contributed by atoms with Gasteiger partial charge in [-0.3, -0.25) is 9.69 Å². The third kappa shape index (κ3) is 4.71. The van der Waals surface area contributed by atoms with Gasteiger partial charge in [-0.2, -0.15) is 0 Å². The minimum absolute atomic E-state index is 0.0471. The number of halogens is 1. The number of furan rings is 1. The number of piperidine rings is 1. The maximum absolute atomic E-state index is 12.3. The monoisotopic (exact) mass is 390 g/mol. The Morgan fingerprint density at radius 2 is 1.92 bits per heavy atom. The highest BCUT2D eigenvalue weighted by Crippen LogP contribution is 2.24. The number of nitrogens with zero attached hydrogens (tertiary/aromatic N) is 1. The van der Waals surface area contributed by atoms with Crippen LogP contribution in [0.25, 0.3) is 0 Å². The molecule has 0 radical (unpaired) electrons. The normalized spacial score (nSPS) is 16.7. The smallest absolute Gasteiger partial charge is 0.224 e. The van der Waals surface area contributed by atoms with Crippen molar-refractivity contribution in [1.29, 1.82) is 0 Å². The molecule has 5 heteroatoms. The van der Waals surface area contributed by atoms with Crippen LogP contribution < -0.4 is 5.32 Å². The largest absolute Gasteiger partial charge is 0.468 e. The number of amides is 1. The lowest BCUT2D eigenvalue weighted by Gasteiger charge is -2.33. The first-order chi connectivity index (χ1) is 11.7. The van der Waals surface area contributed by atoms with Crippen molar-refractivity contribution in [2.45, 2.75) is 31.7 Å². The van der Waals surface area contributed by atoms with E-state index in [0.29, 0.717) is 13.0 Å². The topological polar surface area (TPSA) is 45.5 Å². The molecule has 1 fully saturated rings. The SMILES string of the molecule is O=C(Cc1ccc(Br)cc1)NCC(c1ccco1)N1CCCCC1. The van der Waals surface area contributed by atoms with Gasteiger partial charge in [0.25, 0.3) is 0 Å². The van der Waals surface area contributed by atoms with E-state index in [1.54, 1.807) is 6.26 Å². The lowest BCUT2D eigenvalue weighted by molar-refractivity contribution is -0.120. The van der Waals surface area contributed by atoms with Crippen LogP contribution in [-0.2, 0) is 11.2 Å². The molecule has 2 heterocycles. The minimum atomic E-state index is 0.0471. The van der Waals surface area contributed by atoms with Gasteiger partial charge >= 0.3 is 0 Å². The van der Waals surface area contributed by atoms with E-state index in [9.17, 15) is 4.79 Å². The van der Waals surface area contributed by atoms with Gasteiger partial charge in [-0.05, 0) is 55.8 Å². The van der Waals surface area contributed by atoms with E-state index in [0.717, 1.165) is 28.9 Å². The summed E-state index contributed by atoms with van der Waals surface area (Å²) in [6.45, 7) is 2.71. The molecule has 1 atom stereocenters. The van der Waals surface area contributed by atoms with Crippen molar-refractivity contribution in [1.82, 2.24) is 10.2 Å². The molecule has 1 N–H and O–H groups in total. The fraction of sp³-hybridized carbons (Fsp3) is 0.421. The zero-order chi connectivity index (χ0) is 16.8. The second kappa shape index (κ2) is 8.49. The van der Waals surface area contributed by atoms with E-state index in [1.807, 2.05) is 36.4 Å². The minimum Gasteiger partial charge on any atom is -0.468 e. The van der Waals surface area contributed by atoms with Crippen LogP contribution in [0.15, 0.2) is 51.6 Å². The molecule has 1 aromatic heterocycles. The molecule has 128 valence electrons. The average Bonchev–Trinajstić information content (AvgIpc) is 3.12. The summed E-state index contributed by atoms with van der Waals surface area (Å²) in [5.41, 5.74) is 1.02. The Morgan fingerprint density at radius 1 is 1.17 bits per heavy atom. The molecular formula is C19H23BrN2O2. The van der Waals surface area contributed by atoms with Crippen molar-refractivity contribution in [2.24, 2.45) is 0 Å². The van der Waals surface area contributed by atoms with Crippen LogP contribution in [0, 0.1) is 0 Å². The molecule has 2 aromatic rings. The summed E-state index contributed by atoms with van der Waals surface area (Å²) in [5, 5.41) is 3.08. The standard InChI is InChI=1S/C19H23BrN2O2/c20-16-8-6-15(7-9-16)13-19(23)21-14-17(18-5-4-12-24-18)22-10-2-1-3-11-22/h4-9,12,17H,1-3,10-11,13-14H2,(H,21,23). The second-order valence-electron chi connectivity index (χ2n) is 6.24. The number of carbonyl (C=O) groups excluding carboxylic acids is 1. The second-order valence-corrected chi connectivity index (χ2v) is 7.15. The molecule has 1 aliphatic heterocycles. The summed E-state index contributed by atoms with van der Waals surface area (Å²) in [6.07, 6.45) is 5.82. The van der Waals surface area contributed by atoms with Crippen LogP contribution in [0.1, 0.15) is 36.6 Å². The van der Waals surface area contributed by atoms with E-state index in [1.165, 1.54) is 19.3 Å². The first-order valence-corrected chi connectivity index (χ1v) is 9.30. The Morgan fingerprint density at radius 3 is 2.58 bits per heavy atom. The molecule has 1 unspecified atom stereocenters. The van der Waals surface area contributed by atoms with Gasteiger partial charge in [0.05, 0.1) is 18.7 Å². The summed E-state index contributed by atoms with van der Waals surface area (Å²) in [7, 11) is 0. The Labute approximate surface area is 151 Å². The number of hydrogen-bond acceptors (Lipinski definition) is 3. The summed E-state index contributed by atoms with van der Waals surface area (Å²) < 4.78 is 6.64. The van der Waals surface area contributed by atoms with Crippen LogP contribution in [0.4, 0.5) is 0 Å². The van der Waals surface area contributed by atoms with Crippen molar-refractivity contribution in [3.63, 3.8) is 0 Å². The summed E-state index contributed by atoms with van der Waals surface area (Å²) >= 11 is 3.41. The molecule has 1 amide bonds. The lowest BCUT2D eigenvalue weighted by Crippen LogP contribution is -2.40. The van der Waals surface area contributed by atoms with Gasteiger partial charge in [-0.1, -0.05) is 34.5 Å². The summed E-state index contributed by atoms with van der Waals surface area (Å²) in [4.78, 5) is 14.7. The van der Waals surface area contributed by atoms with Crippen LogP contribution in [-0.4, -0.2) is 30.4 Å². The van der Waals surface area contributed by atoms with Gasteiger partial charge in [0.15, 0.2) is 0 Å². The number of benzene rings is 1. The van der Waals surface area contributed by atoms with Crippen molar-refractivity contribution in [3.8, 4) is 0 Å². The van der Waals surface area contributed by atoms with Gasteiger partial charge in [-0.15, -0.1) is 0 Å². The van der Waals surface area contributed by atoms with Crippen molar-refractivity contribution in [3.05, 3.63) is 58.5 Å². The number of likely N-dealkylation sites (tertiary alicyclic amines) is 1. The highest BCUT2D eigenvalue weighted by molar-refractivity contribution is 9.10. The molecule has 1 aromatic carbocycles. The molecule has 0 aliphatic carbocycles. The highest BCUT2D eigenvalue weighted by Gasteiger charge is 2.24. The van der Waals surface area contributed by atoms with Gasteiger partial charge < -0.3 is 9.73 Å². The fourth-order valence-electron chi connectivity index (χ4n) is 3.18. The molecular weight excluding hydrogens is 368 g/mol. The van der Waals surface area contributed by atoms with Crippen LogP contribution in [0.2, 0.25) is 0 Å².